The highest BCUT2D eigenvalue weighted by atomic mass is 16.1. The van der Waals surface area contributed by atoms with Crippen molar-refractivity contribution in [2.24, 2.45) is 52.3 Å². The second kappa shape index (κ2) is 7.73. The molecule has 4 rings (SSSR count). The predicted molar refractivity (Wildman–Crippen MR) is 118 cm³/mol. The fraction of sp³-hybridized carbons (Fsp3) is 0.963. The van der Waals surface area contributed by atoms with E-state index in [2.05, 4.69) is 34.6 Å². The van der Waals surface area contributed by atoms with Crippen LogP contribution in [0.4, 0.5) is 0 Å². The molecule has 0 heterocycles. The minimum absolute atomic E-state index is 0.471. The average molecular weight is 387 g/mol. The lowest BCUT2D eigenvalue weighted by molar-refractivity contribution is -0.140. The first-order valence-corrected chi connectivity index (χ1v) is 12.8. The Morgan fingerprint density at radius 3 is 2.39 bits per heavy atom. The van der Waals surface area contributed by atoms with Crippen molar-refractivity contribution in [1.82, 2.24) is 0 Å². The van der Waals surface area contributed by atoms with Gasteiger partial charge in [-0.05, 0) is 97.2 Å². The van der Waals surface area contributed by atoms with E-state index in [4.69, 9.17) is 0 Å². The quantitative estimate of drug-likeness (QED) is 0.473. The molecule has 0 amide bonds. The zero-order valence-electron chi connectivity index (χ0n) is 19.4. The summed E-state index contributed by atoms with van der Waals surface area (Å²) >= 11 is 0. The van der Waals surface area contributed by atoms with Crippen LogP contribution in [0, 0.1) is 52.3 Å². The van der Waals surface area contributed by atoms with E-state index in [0.717, 1.165) is 48.3 Å². The molecule has 4 saturated carbocycles. The summed E-state index contributed by atoms with van der Waals surface area (Å²) in [5, 5.41) is 0. The Labute approximate surface area is 174 Å². The summed E-state index contributed by atoms with van der Waals surface area (Å²) in [6, 6.07) is 0. The van der Waals surface area contributed by atoms with Gasteiger partial charge in [0, 0.05) is 12.8 Å². The van der Waals surface area contributed by atoms with Gasteiger partial charge in [-0.25, -0.2) is 0 Å². The Bertz CT molecular complexity index is 579. The lowest BCUT2D eigenvalue weighted by atomic mass is 9.44. The van der Waals surface area contributed by atoms with Crippen molar-refractivity contribution in [1.29, 1.82) is 0 Å². The lowest BCUT2D eigenvalue weighted by Crippen LogP contribution is -2.53. The number of hydrogen-bond acceptors (Lipinski definition) is 1. The van der Waals surface area contributed by atoms with Crippen LogP contribution in [0.1, 0.15) is 112 Å². The molecule has 4 aliphatic carbocycles. The number of carbonyl (C=O) groups is 1. The highest BCUT2D eigenvalue weighted by Gasteiger charge is 2.60. The molecular formula is C27H46O. The summed E-state index contributed by atoms with van der Waals surface area (Å²) in [5.74, 6) is 6.82. The van der Waals surface area contributed by atoms with Crippen molar-refractivity contribution < 1.29 is 4.79 Å². The van der Waals surface area contributed by atoms with Crippen molar-refractivity contribution in [3.63, 3.8) is 0 Å². The number of Topliss-reactive ketones (excluding diaryl/α,β-unsaturated/α-hetero) is 1. The van der Waals surface area contributed by atoms with Crippen LogP contribution < -0.4 is 0 Å². The van der Waals surface area contributed by atoms with Crippen LogP contribution in [0.5, 0.6) is 0 Å². The van der Waals surface area contributed by atoms with Crippen LogP contribution >= 0.6 is 0 Å². The molecule has 0 spiro atoms. The zero-order valence-corrected chi connectivity index (χ0v) is 19.4. The smallest absolute Gasteiger partial charge is 0.133 e. The molecule has 0 N–H and O–H groups in total. The third-order valence-electron chi connectivity index (χ3n) is 10.7. The molecule has 0 aromatic heterocycles. The SMILES string of the molecule is CC(C)CCC[C@H](C)[C@H]1CC[C@H]2[C@H]3CC[C@H]4CC(=O)CC[C@]4(C)[C@@H]3CC[C@]12C. The van der Waals surface area contributed by atoms with Crippen LogP contribution in [0.15, 0.2) is 0 Å². The summed E-state index contributed by atoms with van der Waals surface area (Å²) in [6.45, 7) is 12.6. The second-order valence-electron chi connectivity index (χ2n) is 12.4. The molecule has 4 aliphatic rings. The molecule has 0 radical (unpaired) electrons. The summed E-state index contributed by atoms with van der Waals surface area (Å²) in [4.78, 5) is 12.1. The first-order chi connectivity index (χ1) is 13.3. The molecule has 0 saturated heterocycles. The first kappa shape index (κ1) is 20.9. The number of rotatable bonds is 5. The van der Waals surface area contributed by atoms with E-state index in [1.54, 1.807) is 0 Å². The van der Waals surface area contributed by atoms with Crippen molar-refractivity contribution in [3.05, 3.63) is 0 Å². The van der Waals surface area contributed by atoms with E-state index in [1.807, 2.05) is 0 Å². The summed E-state index contributed by atoms with van der Waals surface area (Å²) < 4.78 is 0. The molecule has 0 aromatic carbocycles. The largest absolute Gasteiger partial charge is 0.300 e. The molecule has 160 valence electrons. The zero-order chi connectivity index (χ0) is 20.1. The molecule has 8 atom stereocenters. The van der Waals surface area contributed by atoms with Gasteiger partial charge in [0.15, 0.2) is 0 Å². The van der Waals surface area contributed by atoms with Crippen LogP contribution in [-0.4, -0.2) is 5.78 Å². The highest BCUT2D eigenvalue weighted by molar-refractivity contribution is 5.79. The van der Waals surface area contributed by atoms with Gasteiger partial charge < -0.3 is 0 Å². The minimum atomic E-state index is 0.471. The standard InChI is InChI=1S/C27H46O/c1-18(2)7-6-8-19(3)23-11-12-24-22-10-9-20-17-21(28)13-15-26(20,4)25(22)14-16-27(23,24)5/h18-20,22-25H,6-17H2,1-5H3/t19-,20-,22+,23+,24-,25+,26-,27+/m0/s1. The van der Waals surface area contributed by atoms with Crippen LogP contribution in [0.2, 0.25) is 0 Å². The van der Waals surface area contributed by atoms with Gasteiger partial charge in [0.25, 0.3) is 0 Å². The summed E-state index contributed by atoms with van der Waals surface area (Å²) in [5.41, 5.74) is 1.07. The number of ketones is 1. The van der Waals surface area contributed by atoms with Crippen molar-refractivity contribution >= 4 is 5.78 Å². The maximum atomic E-state index is 12.1. The summed E-state index contributed by atoms with van der Waals surface area (Å²) in [6.07, 6.45) is 15.9. The molecule has 1 nitrogen and oxygen atoms in total. The molecule has 0 aliphatic heterocycles. The fourth-order valence-electron chi connectivity index (χ4n) is 9.07. The molecule has 0 bridgehead atoms. The van der Waals surface area contributed by atoms with E-state index in [-0.39, 0.29) is 0 Å². The maximum absolute atomic E-state index is 12.1. The van der Waals surface area contributed by atoms with Crippen LogP contribution in [0.25, 0.3) is 0 Å². The Kier molecular flexibility index (Phi) is 5.78. The minimum Gasteiger partial charge on any atom is -0.300 e. The molecule has 1 heteroatoms. The van der Waals surface area contributed by atoms with Gasteiger partial charge in [-0.2, -0.15) is 0 Å². The number of carbonyl (C=O) groups excluding carboxylic acids is 1. The van der Waals surface area contributed by atoms with Gasteiger partial charge in [-0.3, -0.25) is 4.79 Å². The average Bonchev–Trinajstić information content (AvgIpc) is 2.99. The van der Waals surface area contributed by atoms with Crippen molar-refractivity contribution in [2.75, 3.05) is 0 Å². The van der Waals surface area contributed by atoms with Gasteiger partial charge >= 0.3 is 0 Å². The summed E-state index contributed by atoms with van der Waals surface area (Å²) in [7, 11) is 0. The molecule has 4 fully saturated rings. The van der Waals surface area contributed by atoms with Gasteiger partial charge in [-0.1, -0.05) is 53.9 Å². The molecule has 0 aromatic rings. The Morgan fingerprint density at radius 1 is 0.893 bits per heavy atom. The van der Waals surface area contributed by atoms with E-state index < -0.39 is 0 Å². The molecule has 28 heavy (non-hydrogen) atoms. The lowest BCUT2D eigenvalue weighted by Gasteiger charge is -2.60. The Balaban J connectivity index is 1.47. The van der Waals surface area contributed by atoms with E-state index in [0.29, 0.717) is 22.5 Å². The normalized spacial score (nSPS) is 46.8. The molecule has 0 unspecified atom stereocenters. The van der Waals surface area contributed by atoms with Gasteiger partial charge in [0.1, 0.15) is 5.78 Å². The second-order valence-corrected chi connectivity index (χ2v) is 12.4. The molecular weight excluding hydrogens is 340 g/mol. The van der Waals surface area contributed by atoms with Crippen LogP contribution in [-0.2, 0) is 4.79 Å². The van der Waals surface area contributed by atoms with Crippen molar-refractivity contribution in [2.45, 2.75) is 112 Å². The van der Waals surface area contributed by atoms with Gasteiger partial charge in [-0.15, -0.1) is 0 Å². The Hall–Kier alpha value is -0.330. The fourth-order valence-corrected chi connectivity index (χ4v) is 9.07. The number of hydrogen-bond donors (Lipinski definition) is 0. The Morgan fingerprint density at radius 2 is 1.64 bits per heavy atom. The topological polar surface area (TPSA) is 17.1 Å². The number of fused-ring (bicyclic) bond motifs is 5. The van der Waals surface area contributed by atoms with E-state index >= 15 is 0 Å². The van der Waals surface area contributed by atoms with Gasteiger partial charge in [0.2, 0.25) is 0 Å². The van der Waals surface area contributed by atoms with Crippen LogP contribution in [0.3, 0.4) is 0 Å². The maximum Gasteiger partial charge on any atom is 0.133 e. The first-order valence-electron chi connectivity index (χ1n) is 12.8. The highest BCUT2D eigenvalue weighted by Crippen LogP contribution is 2.68. The van der Waals surface area contributed by atoms with Gasteiger partial charge in [0.05, 0.1) is 0 Å². The third kappa shape index (κ3) is 3.41. The van der Waals surface area contributed by atoms with Crippen molar-refractivity contribution in [3.8, 4) is 0 Å². The predicted octanol–water partition coefficient (Wildman–Crippen LogP) is 7.68. The third-order valence-corrected chi connectivity index (χ3v) is 10.7. The van der Waals surface area contributed by atoms with E-state index in [1.165, 1.54) is 64.2 Å². The van der Waals surface area contributed by atoms with E-state index in [9.17, 15) is 4.79 Å². The monoisotopic (exact) mass is 386 g/mol.